The fourth-order valence-electron chi connectivity index (χ4n) is 5.51. The van der Waals surface area contributed by atoms with E-state index in [2.05, 4.69) is 91.0 Å². The summed E-state index contributed by atoms with van der Waals surface area (Å²) < 4.78 is 13.0. The highest BCUT2D eigenvalue weighted by Gasteiger charge is 2.36. The zero-order valence-corrected chi connectivity index (χ0v) is 22.0. The summed E-state index contributed by atoms with van der Waals surface area (Å²) in [6.07, 6.45) is 0. The van der Waals surface area contributed by atoms with Crippen LogP contribution >= 0.6 is 0 Å². The van der Waals surface area contributed by atoms with Crippen LogP contribution in [0, 0.1) is 0 Å². The second-order valence-electron chi connectivity index (χ2n) is 11.3. The summed E-state index contributed by atoms with van der Waals surface area (Å²) in [5.41, 5.74) is 0.765. The van der Waals surface area contributed by atoms with Gasteiger partial charge >= 0.3 is 7.48 Å². The molecule has 185 valence electrons. The zero-order valence-electron chi connectivity index (χ0n) is 22.0. The van der Waals surface area contributed by atoms with Crippen LogP contribution in [0.5, 0.6) is 0 Å². The van der Waals surface area contributed by atoms with E-state index in [4.69, 9.17) is 9.07 Å². The third kappa shape index (κ3) is 3.37. The topological polar surface area (TPSA) is 42.6 Å². The normalized spacial score (nSPS) is 13.0. The standard InChI is InChI=1S/C34H28BO3/c1-33(2,36)34(3,4)38-35-32-30-25-16-10-9-14-23(25)22-13-7-8-15-24(22)26(30)19-29-31(32)27-17-20-11-5-6-12-21(20)18-28(27)37-29/h5-19,36H,1-4H3. The van der Waals surface area contributed by atoms with Crippen molar-refractivity contribution in [3.8, 4) is 0 Å². The van der Waals surface area contributed by atoms with E-state index in [1.165, 1.54) is 16.2 Å². The van der Waals surface area contributed by atoms with Crippen LogP contribution in [0.4, 0.5) is 0 Å². The predicted molar refractivity (Wildman–Crippen MR) is 161 cm³/mol. The van der Waals surface area contributed by atoms with E-state index < -0.39 is 11.2 Å². The fraction of sp³-hybridized carbons (Fsp3) is 0.176. The Hall–Kier alpha value is -3.86. The number of furan rings is 1. The number of rotatable bonds is 4. The van der Waals surface area contributed by atoms with Crippen molar-refractivity contribution >= 4 is 78.0 Å². The molecule has 0 aliphatic rings. The predicted octanol–water partition coefficient (Wildman–Crippen LogP) is 8.01. The summed E-state index contributed by atoms with van der Waals surface area (Å²) >= 11 is 0. The zero-order chi connectivity index (χ0) is 26.2. The van der Waals surface area contributed by atoms with Gasteiger partial charge in [0.1, 0.15) is 11.2 Å². The molecule has 0 bridgehead atoms. The summed E-state index contributed by atoms with van der Waals surface area (Å²) in [5, 5.41) is 22.2. The SMILES string of the molecule is CC(C)(O)C(C)(C)O[B]c1c2c(cc3c4ccccc4c4ccccc4c13)oc1cc3ccccc3cc12. The van der Waals surface area contributed by atoms with Gasteiger partial charge in [0, 0.05) is 10.8 Å². The molecule has 0 fully saturated rings. The van der Waals surface area contributed by atoms with Crippen molar-refractivity contribution in [2.45, 2.75) is 38.9 Å². The molecule has 0 saturated heterocycles. The van der Waals surface area contributed by atoms with E-state index in [0.29, 0.717) is 0 Å². The Balaban J connectivity index is 1.67. The Kier molecular flexibility index (Phi) is 4.94. The van der Waals surface area contributed by atoms with E-state index in [-0.39, 0.29) is 0 Å². The molecule has 7 aromatic rings. The van der Waals surface area contributed by atoms with Crippen molar-refractivity contribution in [3.63, 3.8) is 0 Å². The fourth-order valence-corrected chi connectivity index (χ4v) is 5.51. The monoisotopic (exact) mass is 495 g/mol. The third-order valence-electron chi connectivity index (χ3n) is 8.32. The largest absolute Gasteiger partial charge is 0.456 e. The number of benzene rings is 6. The molecule has 0 aliphatic carbocycles. The Morgan fingerprint density at radius 1 is 0.605 bits per heavy atom. The van der Waals surface area contributed by atoms with Crippen molar-refractivity contribution < 1.29 is 14.2 Å². The van der Waals surface area contributed by atoms with Gasteiger partial charge in [-0.1, -0.05) is 72.8 Å². The molecule has 0 unspecified atom stereocenters. The maximum atomic E-state index is 10.8. The number of hydrogen-bond acceptors (Lipinski definition) is 3. The second kappa shape index (κ2) is 8.07. The minimum Gasteiger partial charge on any atom is -0.456 e. The Morgan fingerprint density at radius 2 is 1.16 bits per heavy atom. The molecule has 0 saturated carbocycles. The van der Waals surface area contributed by atoms with Crippen LogP contribution in [0.1, 0.15) is 27.7 Å². The minimum absolute atomic E-state index is 0.819. The van der Waals surface area contributed by atoms with Crippen molar-refractivity contribution in [2.75, 3.05) is 0 Å². The van der Waals surface area contributed by atoms with Crippen molar-refractivity contribution in [2.24, 2.45) is 0 Å². The first-order valence-electron chi connectivity index (χ1n) is 13.1. The molecule has 0 atom stereocenters. The van der Waals surface area contributed by atoms with Crippen LogP contribution in [0.2, 0.25) is 0 Å². The van der Waals surface area contributed by atoms with Crippen molar-refractivity contribution in [3.05, 3.63) is 91.0 Å². The van der Waals surface area contributed by atoms with Gasteiger partial charge in [0.15, 0.2) is 0 Å². The maximum Gasteiger partial charge on any atom is 0.332 e. The van der Waals surface area contributed by atoms with Gasteiger partial charge in [-0.2, -0.15) is 0 Å². The van der Waals surface area contributed by atoms with Gasteiger partial charge in [0.25, 0.3) is 0 Å². The average Bonchev–Trinajstić information content (AvgIpc) is 3.26. The van der Waals surface area contributed by atoms with E-state index >= 15 is 0 Å². The molecular weight excluding hydrogens is 467 g/mol. The van der Waals surface area contributed by atoms with Gasteiger partial charge in [0.2, 0.25) is 0 Å². The lowest BCUT2D eigenvalue weighted by Crippen LogP contribution is -2.49. The molecule has 1 heterocycles. The van der Waals surface area contributed by atoms with Gasteiger partial charge < -0.3 is 14.2 Å². The van der Waals surface area contributed by atoms with Crippen LogP contribution in [-0.2, 0) is 4.65 Å². The van der Waals surface area contributed by atoms with Crippen LogP contribution in [-0.4, -0.2) is 23.8 Å². The molecule has 0 spiro atoms. The first kappa shape index (κ1) is 23.3. The number of aliphatic hydroxyl groups is 1. The van der Waals surface area contributed by atoms with Gasteiger partial charge in [-0.25, -0.2) is 0 Å². The first-order chi connectivity index (χ1) is 18.2. The molecule has 1 N–H and O–H groups in total. The smallest absolute Gasteiger partial charge is 0.332 e. The second-order valence-corrected chi connectivity index (χ2v) is 11.3. The number of fused-ring (bicyclic) bond motifs is 10. The molecule has 0 aliphatic heterocycles. The molecule has 1 radical (unpaired) electrons. The third-order valence-corrected chi connectivity index (χ3v) is 8.32. The molecule has 38 heavy (non-hydrogen) atoms. The molecule has 7 rings (SSSR count). The van der Waals surface area contributed by atoms with Crippen LogP contribution in [0.3, 0.4) is 0 Å². The quantitative estimate of drug-likeness (QED) is 0.199. The molecule has 3 nitrogen and oxygen atoms in total. The Morgan fingerprint density at radius 3 is 1.82 bits per heavy atom. The van der Waals surface area contributed by atoms with Gasteiger partial charge in [0.05, 0.1) is 11.2 Å². The van der Waals surface area contributed by atoms with E-state index in [1.54, 1.807) is 13.8 Å². The molecule has 4 heteroatoms. The average molecular weight is 495 g/mol. The van der Waals surface area contributed by atoms with E-state index in [0.717, 1.165) is 54.3 Å². The number of hydrogen-bond donors (Lipinski definition) is 1. The summed E-state index contributed by atoms with van der Waals surface area (Å²) in [6.45, 7) is 7.39. The summed E-state index contributed by atoms with van der Waals surface area (Å²) in [4.78, 5) is 0. The highest BCUT2D eigenvalue weighted by atomic mass is 16.5. The first-order valence-corrected chi connectivity index (χ1v) is 13.1. The van der Waals surface area contributed by atoms with E-state index in [1.807, 2.05) is 21.3 Å². The van der Waals surface area contributed by atoms with Gasteiger partial charge in [-0.15, -0.1) is 0 Å². The van der Waals surface area contributed by atoms with Crippen LogP contribution in [0.25, 0.3) is 65.0 Å². The summed E-state index contributed by atoms with van der Waals surface area (Å²) in [6, 6.07) is 32.0. The summed E-state index contributed by atoms with van der Waals surface area (Å²) in [7, 11) is 1.84. The lowest BCUT2D eigenvalue weighted by atomic mass is 9.76. The Labute approximate surface area is 221 Å². The molecule has 6 aromatic carbocycles. The van der Waals surface area contributed by atoms with Gasteiger partial charge in [-0.05, 0) is 94.4 Å². The highest BCUT2D eigenvalue weighted by molar-refractivity contribution is 6.59. The Bertz CT molecular complexity index is 2040. The van der Waals surface area contributed by atoms with Crippen molar-refractivity contribution in [1.82, 2.24) is 0 Å². The molecule has 0 amide bonds. The van der Waals surface area contributed by atoms with E-state index in [9.17, 15) is 5.11 Å². The maximum absolute atomic E-state index is 10.8. The van der Waals surface area contributed by atoms with Gasteiger partial charge in [-0.3, -0.25) is 0 Å². The molecular formula is C34H28BO3. The van der Waals surface area contributed by atoms with Crippen LogP contribution in [0.15, 0.2) is 95.4 Å². The van der Waals surface area contributed by atoms with Crippen molar-refractivity contribution in [1.29, 1.82) is 0 Å². The summed E-state index contributed by atoms with van der Waals surface area (Å²) in [5.74, 6) is 0. The highest BCUT2D eigenvalue weighted by Crippen LogP contribution is 2.39. The van der Waals surface area contributed by atoms with Crippen LogP contribution < -0.4 is 5.46 Å². The molecule has 1 aromatic heterocycles. The lowest BCUT2D eigenvalue weighted by Gasteiger charge is -2.37. The lowest BCUT2D eigenvalue weighted by molar-refractivity contribution is -0.0892. The minimum atomic E-state index is -1.05.